The molecule has 0 heterocycles. The Labute approximate surface area is 134 Å². The molecule has 0 aliphatic heterocycles. The first-order valence-corrected chi connectivity index (χ1v) is 8.55. The molecule has 0 radical (unpaired) electrons. The largest absolute Gasteiger partial charge is 0.306 e. The van der Waals surface area contributed by atoms with Crippen molar-refractivity contribution in [2.45, 2.75) is 58.3 Å². The van der Waals surface area contributed by atoms with Crippen molar-refractivity contribution < 1.29 is 4.92 Å². The molecule has 1 aromatic carbocycles. The summed E-state index contributed by atoms with van der Waals surface area (Å²) >= 11 is 0. The van der Waals surface area contributed by atoms with Crippen LogP contribution in [0.4, 0.5) is 5.69 Å². The molecule has 4 heteroatoms. The first-order valence-electron chi connectivity index (χ1n) is 8.55. The van der Waals surface area contributed by atoms with Crippen molar-refractivity contribution in [3.63, 3.8) is 0 Å². The van der Waals surface area contributed by atoms with E-state index >= 15 is 0 Å². The van der Waals surface area contributed by atoms with E-state index in [1.165, 1.54) is 57.2 Å². The Morgan fingerprint density at radius 1 is 0.955 bits per heavy atom. The van der Waals surface area contributed by atoms with E-state index in [0.717, 1.165) is 12.8 Å². The molecular formula is C18H30N2O2. The number of nitro benzene ring substituents is 1. The summed E-state index contributed by atoms with van der Waals surface area (Å²) in [6.45, 7) is 4.63. The van der Waals surface area contributed by atoms with Crippen LogP contribution in [0.25, 0.3) is 0 Å². The standard InChI is InChI=1S/C18H30N2O2/c1-3-4-5-8-15-19(2)16-9-6-7-10-17-11-13-18(14-12-17)20(21)22/h11-14H,3-10,15-16H2,1-2H3. The van der Waals surface area contributed by atoms with E-state index in [9.17, 15) is 10.1 Å². The second-order valence-corrected chi connectivity index (χ2v) is 6.10. The average molecular weight is 306 g/mol. The number of nitro groups is 1. The van der Waals surface area contributed by atoms with Gasteiger partial charge in [0.2, 0.25) is 0 Å². The quantitative estimate of drug-likeness (QED) is 0.316. The fourth-order valence-electron chi connectivity index (χ4n) is 2.59. The van der Waals surface area contributed by atoms with Crippen molar-refractivity contribution in [2.24, 2.45) is 0 Å². The molecule has 1 rings (SSSR count). The molecule has 0 N–H and O–H groups in total. The van der Waals surface area contributed by atoms with E-state index in [1.807, 2.05) is 12.1 Å². The number of unbranched alkanes of at least 4 members (excludes halogenated alkanes) is 5. The average Bonchev–Trinajstić information content (AvgIpc) is 2.51. The maximum Gasteiger partial charge on any atom is 0.269 e. The van der Waals surface area contributed by atoms with Gasteiger partial charge in [-0.15, -0.1) is 0 Å². The molecule has 4 nitrogen and oxygen atoms in total. The van der Waals surface area contributed by atoms with E-state index in [4.69, 9.17) is 0 Å². The van der Waals surface area contributed by atoms with Crippen molar-refractivity contribution in [3.8, 4) is 0 Å². The van der Waals surface area contributed by atoms with Crippen molar-refractivity contribution in [2.75, 3.05) is 20.1 Å². The van der Waals surface area contributed by atoms with E-state index in [-0.39, 0.29) is 10.6 Å². The molecule has 0 bridgehead atoms. The topological polar surface area (TPSA) is 46.4 Å². The molecule has 0 atom stereocenters. The third-order valence-corrected chi connectivity index (χ3v) is 4.05. The molecule has 22 heavy (non-hydrogen) atoms. The van der Waals surface area contributed by atoms with Crippen LogP contribution in [0.1, 0.15) is 57.4 Å². The highest BCUT2D eigenvalue weighted by atomic mass is 16.6. The van der Waals surface area contributed by atoms with Crippen molar-refractivity contribution in [1.82, 2.24) is 4.90 Å². The maximum absolute atomic E-state index is 10.6. The summed E-state index contributed by atoms with van der Waals surface area (Å²) in [4.78, 5) is 12.7. The second-order valence-electron chi connectivity index (χ2n) is 6.10. The molecule has 0 spiro atoms. The number of nitrogens with zero attached hydrogens (tertiary/aromatic N) is 2. The molecule has 0 aromatic heterocycles. The molecule has 0 fully saturated rings. The Balaban J connectivity index is 2.06. The molecule has 0 aliphatic rings. The van der Waals surface area contributed by atoms with Gasteiger partial charge in [0.15, 0.2) is 0 Å². The predicted molar refractivity (Wildman–Crippen MR) is 92.3 cm³/mol. The van der Waals surface area contributed by atoms with Crippen LogP contribution in [0.5, 0.6) is 0 Å². The zero-order chi connectivity index (χ0) is 16.2. The first kappa shape index (κ1) is 18.6. The molecular weight excluding hydrogens is 276 g/mol. The zero-order valence-electron chi connectivity index (χ0n) is 14.1. The zero-order valence-corrected chi connectivity index (χ0v) is 14.1. The maximum atomic E-state index is 10.6. The third kappa shape index (κ3) is 8.13. The predicted octanol–water partition coefficient (Wildman–Crippen LogP) is 4.82. The number of non-ortho nitro benzene ring substituents is 1. The van der Waals surface area contributed by atoms with Gasteiger partial charge in [-0.05, 0) is 51.4 Å². The number of aryl methyl sites for hydroxylation is 1. The van der Waals surface area contributed by atoms with Crippen LogP contribution in [0, 0.1) is 10.1 Å². The lowest BCUT2D eigenvalue weighted by atomic mass is 10.1. The van der Waals surface area contributed by atoms with Crippen LogP contribution in [0.15, 0.2) is 24.3 Å². The van der Waals surface area contributed by atoms with Crippen LogP contribution in [0.3, 0.4) is 0 Å². The second kappa shape index (κ2) is 11.2. The lowest BCUT2D eigenvalue weighted by molar-refractivity contribution is -0.384. The van der Waals surface area contributed by atoms with E-state index in [2.05, 4.69) is 18.9 Å². The normalized spacial score (nSPS) is 11.0. The molecule has 1 aromatic rings. The Kier molecular flexibility index (Phi) is 9.47. The van der Waals surface area contributed by atoms with Gasteiger partial charge in [-0.2, -0.15) is 0 Å². The summed E-state index contributed by atoms with van der Waals surface area (Å²) in [6, 6.07) is 6.94. The van der Waals surface area contributed by atoms with Gasteiger partial charge in [0, 0.05) is 12.1 Å². The fraction of sp³-hybridized carbons (Fsp3) is 0.667. The molecule has 0 amide bonds. The van der Waals surface area contributed by atoms with Gasteiger partial charge in [-0.25, -0.2) is 0 Å². The van der Waals surface area contributed by atoms with Crippen LogP contribution in [0.2, 0.25) is 0 Å². The van der Waals surface area contributed by atoms with Gasteiger partial charge >= 0.3 is 0 Å². The fourth-order valence-corrected chi connectivity index (χ4v) is 2.59. The minimum absolute atomic E-state index is 0.174. The highest BCUT2D eigenvalue weighted by molar-refractivity contribution is 5.32. The monoisotopic (exact) mass is 306 g/mol. The summed E-state index contributed by atoms with van der Waals surface area (Å²) in [5.74, 6) is 0. The van der Waals surface area contributed by atoms with Crippen LogP contribution in [-0.2, 0) is 6.42 Å². The van der Waals surface area contributed by atoms with Gasteiger partial charge in [0.05, 0.1) is 4.92 Å². The third-order valence-electron chi connectivity index (χ3n) is 4.05. The van der Waals surface area contributed by atoms with E-state index < -0.39 is 0 Å². The summed E-state index contributed by atoms with van der Waals surface area (Å²) in [7, 11) is 2.21. The molecule has 124 valence electrons. The minimum atomic E-state index is -0.347. The minimum Gasteiger partial charge on any atom is -0.306 e. The van der Waals surface area contributed by atoms with E-state index in [0.29, 0.717) is 0 Å². The summed E-state index contributed by atoms with van der Waals surface area (Å²) in [5.41, 5.74) is 1.37. The molecule has 0 saturated heterocycles. The van der Waals surface area contributed by atoms with Gasteiger partial charge in [-0.3, -0.25) is 10.1 Å². The Bertz CT molecular complexity index is 418. The molecule has 0 unspecified atom stereocenters. The van der Waals surface area contributed by atoms with Crippen LogP contribution < -0.4 is 0 Å². The Morgan fingerprint density at radius 2 is 1.55 bits per heavy atom. The number of benzene rings is 1. The first-order chi connectivity index (χ1) is 10.6. The lowest BCUT2D eigenvalue weighted by Crippen LogP contribution is -2.20. The summed E-state index contributed by atoms with van der Waals surface area (Å²) in [5, 5.41) is 10.6. The van der Waals surface area contributed by atoms with Crippen molar-refractivity contribution in [1.29, 1.82) is 0 Å². The van der Waals surface area contributed by atoms with Gasteiger partial charge < -0.3 is 4.90 Å². The van der Waals surface area contributed by atoms with Gasteiger partial charge in [0.1, 0.15) is 0 Å². The van der Waals surface area contributed by atoms with Crippen molar-refractivity contribution in [3.05, 3.63) is 39.9 Å². The Morgan fingerprint density at radius 3 is 2.09 bits per heavy atom. The van der Waals surface area contributed by atoms with Crippen LogP contribution in [-0.4, -0.2) is 30.0 Å². The lowest BCUT2D eigenvalue weighted by Gasteiger charge is -2.16. The van der Waals surface area contributed by atoms with E-state index in [1.54, 1.807) is 12.1 Å². The highest BCUT2D eigenvalue weighted by Gasteiger charge is 2.04. The Hall–Kier alpha value is -1.42. The summed E-state index contributed by atoms with van der Waals surface area (Å²) in [6.07, 6.45) is 9.93. The number of hydrogen-bond donors (Lipinski definition) is 0. The highest BCUT2D eigenvalue weighted by Crippen LogP contribution is 2.14. The smallest absolute Gasteiger partial charge is 0.269 e. The summed E-state index contributed by atoms with van der Waals surface area (Å²) < 4.78 is 0. The van der Waals surface area contributed by atoms with Gasteiger partial charge in [-0.1, -0.05) is 44.7 Å². The SMILES string of the molecule is CCCCCCN(C)CCCCCc1ccc([N+](=O)[O-])cc1. The van der Waals surface area contributed by atoms with Crippen LogP contribution >= 0.6 is 0 Å². The van der Waals surface area contributed by atoms with Gasteiger partial charge in [0.25, 0.3) is 5.69 Å². The molecule has 0 saturated carbocycles. The molecule has 0 aliphatic carbocycles. The number of hydrogen-bond acceptors (Lipinski definition) is 3. The number of rotatable bonds is 12. The van der Waals surface area contributed by atoms with Crippen molar-refractivity contribution >= 4 is 5.69 Å².